The van der Waals surface area contributed by atoms with Crippen molar-refractivity contribution in [3.05, 3.63) is 60.2 Å². The van der Waals surface area contributed by atoms with Gasteiger partial charge in [-0.2, -0.15) is 0 Å². The Morgan fingerprint density at radius 1 is 1.14 bits per heavy atom. The van der Waals surface area contributed by atoms with Gasteiger partial charge in [0.05, 0.1) is 6.54 Å². The predicted molar refractivity (Wildman–Crippen MR) is 112 cm³/mol. The molecular weight excluding hydrogens is 367 g/mol. The topological polar surface area (TPSA) is 55.6 Å². The number of piperidine rings is 1. The minimum atomic E-state index is -1.27. The molecule has 2 N–H and O–H groups in total. The largest absolute Gasteiger partial charge is 0.461 e. The number of alkyl halides is 1. The van der Waals surface area contributed by atoms with Crippen molar-refractivity contribution in [2.24, 2.45) is 5.73 Å². The molecule has 2 aromatic rings. The Labute approximate surface area is 171 Å². The van der Waals surface area contributed by atoms with Crippen molar-refractivity contribution in [3.63, 3.8) is 0 Å². The maximum absolute atomic E-state index is 13.7. The summed E-state index contributed by atoms with van der Waals surface area (Å²) in [5, 5.41) is 0. The molecule has 0 spiro atoms. The zero-order chi connectivity index (χ0) is 20.3. The summed E-state index contributed by atoms with van der Waals surface area (Å²) in [6.45, 7) is 0.870. The highest BCUT2D eigenvalue weighted by Crippen LogP contribution is 2.39. The van der Waals surface area contributed by atoms with E-state index in [-0.39, 0.29) is 31.2 Å². The molecule has 2 aromatic carbocycles. The van der Waals surface area contributed by atoms with Crippen LogP contribution >= 0.6 is 0 Å². The minimum Gasteiger partial charge on any atom is -0.461 e. The van der Waals surface area contributed by atoms with Crippen molar-refractivity contribution in [2.75, 3.05) is 19.7 Å². The van der Waals surface area contributed by atoms with E-state index in [0.717, 1.165) is 25.8 Å². The van der Waals surface area contributed by atoms with Gasteiger partial charge >= 0.3 is 5.97 Å². The maximum Gasteiger partial charge on any atom is 0.320 e. The third-order valence-electron chi connectivity index (χ3n) is 6.04. The molecule has 4 nitrogen and oxygen atoms in total. The van der Waals surface area contributed by atoms with Crippen LogP contribution in [0.1, 0.15) is 31.2 Å². The summed E-state index contributed by atoms with van der Waals surface area (Å²) < 4.78 is 18.9. The molecule has 0 amide bonds. The number of nitrogens with two attached hydrogens (primary N) is 1. The Balaban J connectivity index is 1.42. The van der Waals surface area contributed by atoms with E-state index in [1.165, 1.54) is 16.7 Å². The number of halogens is 1. The predicted octanol–water partition coefficient (Wildman–Crippen LogP) is 3.73. The Hall–Kier alpha value is -2.24. The monoisotopic (exact) mass is 396 g/mol. The second kappa shape index (κ2) is 8.64. The lowest BCUT2D eigenvalue weighted by Crippen LogP contribution is -2.54. The Morgan fingerprint density at radius 3 is 2.66 bits per heavy atom. The Morgan fingerprint density at radius 2 is 1.90 bits per heavy atom. The summed E-state index contributed by atoms with van der Waals surface area (Å²) in [6, 6.07) is 18.9. The normalized spacial score (nSPS) is 23.5. The first-order chi connectivity index (χ1) is 14.0. The molecule has 2 aliphatic rings. The number of ether oxygens (including phenoxy) is 1. The van der Waals surface area contributed by atoms with Gasteiger partial charge in [0.2, 0.25) is 0 Å². The van der Waals surface area contributed by atoms with Gasteiger partial charge in [0.25, 0.3) is 0 Å². The first-order valence-corrected chi connectivity index (χ1v) is 10.5. The lowest BCUT2D eigenvalue weighted by Gasteiger charge is -2.39. The van der Waals surface area contributed by atoms with Crippen molar-refractivity contribution in [1.82, 2.24) is 4.90 Å². The molecule has 2 atom stereocenters. The number of carbonyl (C=O) groups excluding carboxylic acids is 1. The molecule has 1 aliphatic carbocycles. The summed E-state index contributed by atoms with van der Waals surface area (Å²) in [7, 11) is 0. The Bertz CT molecular complexity index is 838. The van der Waals surface area contributed by atoms with Gasteiger partial charge < -0.3 is 10.5 Å². The third kappa shape index (κ3) is 5.22. The number of rotatable bonds is 7. The molecule has 1 saturated heterocycles. The van der Waals surface area contributed by atoms with E-state index < -0.39 is 5.67 Å². The molecule has 1 saturated carbocycles. The van der Waals surface area contributed by atoms with Crippen LogP contribution < -0.4 is 5.73 Å². The number of hydrogen-bond acceptors (Lipinski definition) is 4. The summed E-state index contributed by atoms with van der Waals surface area (Å²) in [5.74, 6) is -0.355. The number of carbonyl (C=O) groups is 1. The van der Waals surface area contributed by atoms with Crippen LogP contribution in [-0.2, 0) is 16.0 Å². The Kier molecular flexibility index (Phi) is 5.97. The summed E-state index contributed by atoms with van der Waals surface area (Å²) in [6.07, 6.45) is 3.68. The van der Waals surface area contributed by atoms with Crippen LogP contribution in [0.15, 0.2) is 54.6 Å². The number of likely N-dealkylation sites (tertiary alicyclic amines) is 1. The summed E-state index contributed by atoms with van der Waals surface area (Å²) in [5.41, 5.74) is 8.73. The van der Waals surface area contributed by atoms with E-state index in [4.69, 9.17) is 10.5 Å². The van der Waals surface area contributed by atoms with Crippen LogP contribution in [0.3, 0.4) is 0 Å². The molecule has 29 heavy (non-hydrogen) atoms. The number of esters is 1. The lowest BCUT2D eigenvalue weighted by molar-refractivity contribution is -0.148. The van der Waals surface area contributed by atoms with E-state index in [1.54, 1.807) is 0 Å². The first kappa shape index (κ1) is 20.0. The quantitative estimate of drug-likeness (QED) is 0.725. The number of hydrogen-bond donors (Lipinski definition) is 1. The smallest absolute Gasteiger partial charge is 0.320 e. The standard InChI is InChI=1S/C24H29FN2O2/c25-24(11-12-24)17-29-23(28)16-27-13-5-10-21(26)22(27)15-18-6-4-9-20(14-18)19-7-2-1-3-8-19/h1-4,6-9,14,21-22H,5,10-13,15-17,26H2. The fourth-order valence-corrected chi connectivity index (χ4v) is 4.09. The second-order valence-electron chi connectivity index (χ2n) is 8.43. The van der Waals surface area contributed by atoms with E-state index in [1.807, 2.05) is 18.2 Å². The van der Waals surface area contributed by atoms with Crippen molar-refractivity contribution < 1.29 is 13.9 Å². The molecule has 1 aliphatic heterocycles. The van der Waals surface area contributed by atoms with Gasteiger partial charge in [-0.05, 0) is 55.3 Å². The van der Waals surface area contributed by atoms with Crippen LogP contribution in [0.4, 0.5) is 4.39 Å². The molecule has 2 fully saturated rings. The van der Waals surface area contributed by atoms with Gasteiger partial charge in [-0.25, -0.2) is 4.39 Å². The first-order valence-electron chi connectivity index (χ1n) is 10.5. The van der Waals surface area contributed by atoms with Crippen LogP contribution in [0.2, 0.25) is 0 Å². The highest BCUT2D eigenvalue weighted by Gasteiger charge is 2.44. The molecular formula is C24H29FN2O2. The van der Waals surface area contributed by atoms with Crippen molar-refractivity contribution >= 4 is 5.97 Å². The molecule has 0 radical (unpaired) electrons. The van der Waals surface area contributed by atoms with Crippen LogP contribution in [0, 0.1) is 0 Å². The third-order valence-corrected chi connectivity index (χ3v) is 6.04. The van der Waals surface area contributed by atoms with Gasteiger partial charge in [-0.1, -0.05) is 54.6 Å². The highest BCUT2D eigenvalue weighted by atomic mass is 19.1. The lowest BCUT2D eigenvalue weighted by atomic mass is 9.90. The SMILES string of the molecule is NC1CCCN(CC(=O)OCC2(F)CC2)C1Cc1cccc(-c2ccccc2)c1. The molecule has 0 aromatic heterocycles. The second-order valence-corrected chi connectivity index (χ2v) is 8.43. The number of benzene rings is 2. The molecule has 2 unspecified atom stereocenters. The molecule has 4 rings (SSSR count). The molecule has 1 heterocycles. The fourth-order valence-electron chi connectivity index (χ4n) is 4.09. The van der Waals surface area contributed by atoms with Gasteiger partial charge in [0, 0.05) is 12.1 Å². The zero-order valence-corrected chi connectivity index (χ0v) is 16.7. The molecule has 154 valence electrons. The molecule has 0 bridgehead atoms. The highest BCUT2D eigenvalue weighted by molar-refractivity contribution is 5.72. The maximum atomic E-state index is 13.7. The fraction of sp³-hybridized carbons (Fsp3) is 0.458. The average molecular weight is 397 g/mol. The van der Waals surface area contributed by atoms with E-state index in [0.29, 0.717) is 12.8 Å². The van der Waals surface area contributed by atoms with Gasteiger partial charge in [-0.15, -0.1) is 0 Å². The van der Waals surface area contributed by atoms with Gasteiger partial charge in [0.1, 0.15) is 12.3 Å². The number of nitrogens with zero attached hydrogens (tertiary/aromatic N) is 1. The van der Waals surface area contributed by atoms with Crippen LogP contribution in [-0.4, -0.2) is 48.3 Å². The summed E-state index contributed by atoms with van der Waals surface area (Å²) >= 11 is 0. The van der Waals surface area contributed by atoms with Crippen LogP contribution in [0.25, 0.3) is 11.1 Å². The zero-order valence-electron chi connectivity index (χ0n) is 16.7. The van der Waals surface area contributed by atoms with Crippen molar-refractivity contribution in [1.29, 1.82) is 0 Å². The molecule has 5 heteroatoms. The van der Waals surface area contributed by atoms with Crippen LogP contribution in [0.5, 0.6) is 0 Å². The van der Waals surface area contributed by atoms with Gasteiger partial charge in [-0.3, -0.25) is 9.69 Å². The average Bonchev–Trinajstić information content (AvgIpc) is 3.48. The minimum absolute atomic E-state index is 0.00730. The van der Waals surface area contributed by atoms with Crippen molar-refractivity contribution in [2.45, 2.75) is 49.9 Å². The van der Waals surface area contributed by atoms with Gasteiger partial charge in [0.15, 0.2) is 0 Å². The van der Waals surface area contributed by atoms with E-state index in [2.05, 4.69) is 41.3 Å². The summed E-state index contributed by atoms with van der Waals surface area (Å²) in [4.78, 5) is 14.4. The van der Waals surface area contributed by atoms with E-state index >= 15 is 0 Å². The van der Waals surface area contributed by atoms with E-state index in [9.17, 15) is 9.18 Å². The van der Waals surface area contributed by atoms with Crippen molar-refractivity contribution in [3.8, 4) is 11.1 Å².